The molecule has 1 saturated heterocycles. The number of rotatable bonds is 5. The van der Waals surface area contributed by atoms with Crippen LogP contribution in [-0.4, -0.2) is 64.2 Å². The zero-order valence-electron chi connectivity index (χ0n) is 15.8. The van der Waals surface area contributed by atoms with Gasteiger partial charge in [-0.05, 0) is 13.8 Å². The maximum atomic E-state index is 12.4. The Morgan fingerprint density at radius 1 is 1.41 bits per heavy atom. The molecule has 0 spiro atoms. The van der Waals surface area contributed by atoms with E-state index in [1.165, 1.54) is 20.8 Å². The van der Waals surface area contributed by atoms with Gasteiger partial charge in [-0.25, -0.2) is 9.36 Å². The van der Waals surface area contributed by atoms with Crippen LogP contribution in [0.2, 0.25) is 0 Å². The predicted molar refractivity (Wildman–Crippen MR) is 99.3 cm³/mol. The summed E-state index contributed by atoms with van der Waals surface area (Å²) < 4.78 is 23.9. The highest BCUT2D eigenvalue weighted by atomic mass is 31.2. The number of aromatic amines is 2. The van der Waals surface area contributed by atoms with Crippen molar-refractivity contribution < 1.29 is 28.9 Å². The van der Waals surface area contributed by atoms with Gasteiger partial charge in [-0.1, -0.05) is 6.92 Å². The molecule has 2 aromatic heterocycles. The fourth-order valence-corrected chi connectivity index (χ4v) is 5.21. The molecule has 160 valence electrons. The molecule has 2 unspecified atom stereocenters. The molecule has 6 atom stereocenters. The Morgan fingerprint density at radius 3 is 2.62 bits per heavy atom. The lowest BCUT2D eigenvalue weighted by molar-refractivity contribution is -0.106. The monoisotopic (exact) mass is 431 g/mol. The standard InChI is InChI=1S/C15H22N5O8P/c1-4-29(25,26)28-14(2,3)6-8-15(6,24)7(21)11(27-8)20-9-5(17-13(20)23)10(22)19-12(16)18-9/h6-8,11,21,24H,4H2,1-3H3,(H,17,23)(H,25,26)(H3,16,18,19,22)/t6?,7-,8+,11+,15-/m0/s1. The highest BCUT2D eigenvalue weighted by Gasteiger charge is 2.80. The summed E-state index contributed by atoms with van der Waals surface area (Å²) in [5.74, 6) is -1.06. The van der Waals surface area contributed by atoms with Crippen LogP contribution in [0.5, 0.6) is 0 Å². The first-order valence-corrected chi connectivity index (χ1v) is 10.7. The largest absolute Gasteiger partial charge is 0.385 e. The van der Waals surface area contributed by atoms with Gasteiger partial charge < -0.3 is 30.1 Å². The minimum absolute atomic E-state index is 0.120. The molecule has 29 heavy (non-hydrogen) atoms. The quantitative estimate of drug-likeness (QED) is 0.306. The van der Waals surface area contributed by atoms with Gasteiger partial charge in [0.05, 0.1) is 11.5 Å². The number of nitrogens with one attached hydrogen (secondary N) is 2. The van der Waals surface area contributed by atoms with Crippen LogP contribution in [0.15, 0.2) is 9.59 Å². The summed E-state index contributed by atoms with van der Waals surface area (Å²) in [4.78, 5) is 42.6. The molecule has 14 heteroatoms. The van der Waals surface area contributed by atoms with Gasteiger partial charge in [-0.2, -0.15) is 4.98 Å². The second-order valence-electron chi connectivity index (χ2n) is 7.86. The van der Waals surface area contributed by atoms with Crippen LogP contribution in [0, 0.1) is 5.92 Å². The maximum absolute atomic E-state index is 12.4. The molecule has 7 N–H and O–H groups in total. The number of aliphatic hydroxyl groups is 2. The zero-order valence-corrected chi connectivity index (χ0v) is 16.7. The first-order valence-electron chi connectivity index (χ1n) is 8.92. The van der Waals surface area contributed by atoms with Crippen molar-refractivity contribution in [2.45, 2.75) is 50.4 Å². The van der Waals surface area contributed by atoms with E-state index in [0.717, 1.165) is 4.57 Å². The number of imidazole rings is 1. The molecule has 0 amide bonds. The van der Waals surface area contributed by atoms with Crippen LogP contribution in [0.1, 0.15) is 27.0 Å². The number of nitrogens with zero attached hydrogens (tertiary/aromatic N) is 2. The SMILES string of the molecule is CCP(=O)(O)OC(C)(C)C1[C@H]2O[C@@H](n3c(=O)[nH]c4c(=O)[nH]c(N)nc43)[C@H](O)[C@@]12O. The average molecular weight is 431 g/mol. The molecule has 0 aromatic carbocycles. The van der Waals surface area contributed by atoms with E-state index in [-0.39, 0.29) is 23.3 Å². The van der Waals surface area contributed by atoms with Crippen LogP contribution < -0.4 is 17.0 Å². The fourth-order valence-electron chi connectivity index (χ4n) is 4.23. The van der Waals surface area contributed by atoms with Crippen LogP contribution in [0.25, 0.3) is 11.2 Å². The molecule has 13 nitrogen and oxygen atoms in total. The number of ether oxygens (including phenoxy) is 1. The molecule has 3 heterocycles. The molecular formula is C15H22N5O8P. The summed E-state index contributed by atoms with van der Waals surface area (Å²) >= 11 is 0. The lowest BCUT2D eigenvalue weighted by Gasteiger charge is -2.32. The van der Waals surface area contributed by atoms with Crippen molar-refractivity contribution in [3.63, 3.8) is 0 Å². The zero-order chi connectivity index (χ0) is 21.5. The summed E-state index contributed by atoms with van der Waals surface area (Å²) in [6, 6.07) is 0. The second kappa shape index (κ2) is 6.00. The van der Waals surface area contributed by atoms with Crippen molar-refractivity contribution >= 4 is 24.7 Å². The number of anilines is 1. The number of hydrogen-bond acceptors (Lipinski definition) is 9. The van der Waals surface area contributed by atoms with E-state index in [4.69, 9.17) is 15.0 Å². The summed E-state index contributed by atoms with van der Waals surface area (Å²) in [6.07, 6.45) is -4.03. The second-order valence-corrected chi connectivity index (χ2v) is 9.95. The molecule has 2 fully saturated rings. The highest BCUT2D eigenvalue weighted by molar-refractivity contribution is 7.52. The average Bonchev–Trinajstić information content (AvgIpc) is 2.96. The van der Waals surface area contributed by atoms with E-state index in [2.05, 4.69) is 15.0 Å². The van der Waals surface area contributed by atoms with Gasteiger partial charge in [0.1, 0.15) is 17.8 Å². The number of nitrogen functional groups attached to an aromatic ring is 1. The minimum Gasteiger partial charge on any atom is -0.385 e. The van der Waals surface area contributed by atoms with E-state index in [1.807, 2.05) is 0 Å². The van der Waals surface area contributed by atoms with Crippen LogP contribution >= 0.6 is 7.60 Å². The number of nitrogens with two attached hydrogens (primary N) is 1. The van der Waals surface area contributed by atoms with Crippen LogP contribution in [-0.2, 0) is 13.8 Å². The van der Waals surface area contributed by atoms with Crippen molar-refractivity contribution in [2.75, 3.05) is 11.9 Å². The highest BCUT2D eigenvalue weighted by Crippen LogP contribution is 2.65. The Kier molecular flexibility index (Phi) is 4.19. The van der Waals surface area contributed by atoms with E-state index in [0.29, 0.717) is 0 Å². The number of H-pyrrole nitrogens is 2. The number of fused-ring (bicyclic) bond motifs is 2. The Balaban J connectivity index is 1.68. The van der Waals surface area contributed by atoms with Crippen molar-refractivity contribution in [3.05, 3.63) is 20.8 Å². The van der Waals surface area contributed by atoms with Gasteiger partial charge in [0, 0.05) is 6.16 Å². The smallest absolute Gasteiger partial charge is 0.330 e. The number of aromatic nitrogens is 4. The Bertz CT molecular complexity index is 1150. The maximum Gasteiger partial charge on any atom is 0.330 e. The molecule has 1 saturated carbocycles. The van der Waals surface area contributed by atoms with Gasteiger partial charge in [-0.3, -0.25) is 19.3 Å². The molecule has 1 aliphatic carbocycles. The minimum atomic E-state index is -3.88. The molecule has 1 aliphatic heterocycles. The van der Waals surface area contributed by atoms with E-state index in [9.17, 15) is 29.3 Å². The van der Waals surface area contributed by atoms with Crippen molar-refractivity contribution in [1.82, 2.24) is 19.5 Å². The third kappa shape index (κ3) is 2.80. The van der Waals surface area contributed by atoms with Gasteiger partial charge in [0.25, 0.3) is 5.56 Å². The van der Waals surface area contributed by atoms with Crippen LogP contribution in [0.4, 0.5) is 5.95 Å². The fraction of sp³-hybridized carbons (Fsp3) is 0.667. The molecule has 2 aliphatic rings. The first kappa shape index (κ1) is 20.3. The summed E-state index contributed by atoms with van der Waals surface area (Å²) in [7, 11) is -3.88. The molecular weight excluding hydrogens is 409 g/mol. The van der Waals surface area contributed by atoms with E-state index in [1.54, 1.807) is 0 Å². The molecule has 0 bridgehead atoms. The Hall–Kier alpha value is -2.02. The molecule has 4 rings (SSSR count). The van der Waals surface area contributed by atoms with E-state index >= 15 is 0 Å². The van der Waals surface area contributed by atoms with Gasteiger partial charge in [0.2, 0.25) is 5.95 Å². The van der Waals surface area contributed by atoms with Crippen LogP contribution in [0.3, 0.4) is 0 Å². The number of hydrogen-bond donors (Lipinski definition) is 6. The first-order chi connectivity index (χ1) is 13.3. The number of aliphatic hydroxyl groups excluding tert-OH is 1. The topological polar surface area (TPSA) is 206 Å². The van der Waals surface area contributed by atoms with Crippen molar-refractivity contribution in [1.29, 1.82) is 0 Å². The van der Waals surface area contributed by atoms with Gasteiger partial charge in [-0.15, -0.1) is 0 Å². The Morgan fingerprint density at radius 2 is 2.07 bits per heavy atom. The Labute approximate surface area is 163 Å². The predicted octanol–water partition coefficient (Wildman–Crippen LogP) is -1.39. The van der Waals surface area contributed by atoms with Gasteiger partial charge in [0.15, 0.2) is 17.4 Å². The van der Waals surface area contributed by atoms with Crippen molar-refractivity contribution in [2.24, 2.45) is 5.92 Å². The summed E-state index contributed by atoms with van der Waals surface area (Å²) in [5.41, 5.74) is 0.668. The lowest BCUT2D eigenvalue weighted by atomic mass is 9.96. The molecule has 0 radical (unpaired) electrons. The third-order valence-electron chi connectivity index (χ3n) is 5.56. The lowest BCUT2D eigenvalue weighted by Crippen LogP contribution is -2.43. The van der Waals surface area contributed by atoms with E-state index < -0.39 is 54.4 Å². The summed E-state index contributed by atoms with van der Waals surface area (Å²) in [6.45, 7) is 4.51. The van der Waals surface area contributed by atoms with Gasteiger partial charge >= 0.3 is 13.3 Å². The summed E-state index contributed by atoms with van der Waals surface area (Å²) in [5, 5.41) is 21.7. The normalized spacial score (nSPS) is 33.6. The third-order valence-corrected chi connectivity index (χ3v) is 7.11. The molecule has 2 aromatic rings. The van der Waals surface area contributed by atoms with Crippen molar-refractivity contribution in [3.8, 4) is 0 Å².